The molecule has 0 aliphatic carbocycles. The van der Waals surface area contributed by atoms with Crippen molar-refractivity contribution in [1.29, 1.82) is 0 Å². The number of benzene rings is 1. The molecule has 0 amide bonds. The van der Waals surface area contributed by atoms with Gasteiger partial charge in [-0.25, -0.2) is 4.39 Å². The Morgan fingerprint density at radius 1 is 1.44 bits per heavy atom. The number of aliphatic hydroxyl groups is 1. The fourth-order valence-electron chi connectivity index (χ4n) is 1.43. The fraction of sp³-hybridized carbons (Fsp3) is 0.538. The maximum Gasteiger partial charge on any atom is 0.126 e. The van der Waals surface area contributed by atoms with Crippen LogP contribution in [-0.2, 0) is 0 Å². The average molecular weight is 226 g/mol. The van der Waals surface area contributed by atoms with Gasteiger partial charge < -0.3 is 9.84 Å². The molecule has 0 aliphatic heterocycles. The van der Waals surface area contributed by atoms with E-state index in [2.05, 4.69) is 0 Å². The third-order valence-corrected chi connectivity index (χ3v) is 2.56. The Bertz CT molecular complexity index is 326. The van der Waals surface area contributed by atoms with Crippen LogP contribution in [0.5, 0.6) is 5.75 Å². The first-order valence-corrected chi connectivity index (χ1v) is 5.70. The van der Waals surface area contributed by atoms with Crippen LogP contribution in [0.3, 0.4) is 0 Å². The number of hydrogen-bond acceptors (Lipinski definition) is 2. The maximum atomic E-state index is 12.9. The van der Waals surface area contributed by atoms with Crippen molar-refractivity contribution in [2.45, 2.75) is 39.2 Å². The maximum absolute atomic E-state index is 12.9. The summed E-state index contributed by atoms with van der Waals surface area (Å²) >= 11 is 0. The highest BCUT2D eigenvalue weighted by molar-refractivity contribution is 5.32. The molecular weight excluding hydrogens is 207 g/mol. The SMILES string of the molecule is CCC(O)CCCOc1cc(F)ccc1C. The molecular formula is C13H19FO2. The molecule has 2 nitrogen and oxygen atoms in total. The standard InChI is InChI=1S/C13H19FO2/c1-3-12(15)5-4-8-16-13-9-11(14)7-6-10(13)2/h6-7,9,12,15H,3-5,8H2,1-2H3. The second kappa shape index (κ2) is 6.48. The van der Waals surface area contributed by atoms with E-state index in [1.807, 2.05) is 13.8 Å². The van der Waals surface area contributed by atoms with Crippen molar-refractivity contribution < 1.29 is 14.2 Å². The Labute approximate surface area is 96.1 Å². The van der Waals surface area contributed by atoms with Crippen LogP contribution in [0.25, 0.3) is 0 Å². The molecule has 90 valence electrons. The zero-order valence-corrected chi connectivity index (χ0v) is 9.87. The van der Waals surface area contributed by atoms with E-state index in [0.29, 0.717) is 12.4 Å². The number of halogens is 1. The van der Waals surface area contributed by atoms with Crippen LogP contribution in [-0.4, -0.2) is 17.8 Å². The minimum absolute atomic E-state index is 0.253. The van der Waals surface area contributed by atoms with Gasteiger partial charge in [-0.05, 0) is 37.8 Å². The molecule has 1 rings (SSSR count). The number of hydrogen-bond donors (Lipinski definition) is 1. The molecule has 1 unspecified atom stereocenters. The summed E-state index contributed by atoms with van der Waals surface area (Å²) in [6.45, 7) is 4.35. The third-order valence-electron chi connectivity index (χ3n) is 2.56. The van der Waals surface area contributed by atoms with E-state index in [-0.39, 0.29) is 11.9 Å². The number of rotatable bonds is 6. The van der Waals surface area contributed by atoms with Crippen molar-refractivity contribution in [2.24, 2.45) is 0 Å². The zero-order valence-electron chi connectivity index (χ0n) is 9.87. The monoisotopic (exact) mass is 226 g/mol. The van der Waals surface area contributed by atoms with E-state index in [1.54, 1.807) is 6.07 Å². The number of aliphatic hydroxyl groups excluding tert-OH is 1. The summed E-state index contributed by atoms with van der Waals surface area (Å²) in [4.78, 5) is 0. The minimum Gasteiger partial charge on any atom is -0.493 e. The van der Waals surface area contributed by atoms with Crippen LogP contribution >= 0.6 is 0 Å². The van der Waals surface area contributed by atoms with Gasteiger partial charge in [-0.2, -0.15) is 0 Å². The lowest BCUT2D eigenvalue weighted by Gasteiger charge is -2.10. The van der Waals surface area contributed by atoms with Crippen LogP contribution in [0.2, 0.25) is 0 Å². The van der Waals surface area contributed by atoms with E-state index in [9.17, 15) is 9.50 Å². The summed E-state index contributed by atoms with van der Waals surface area (Å²) < 4.78 is 18.4. The topological polar surface area (TPSA) is 29.5 Å². The first-order chi connectivity index (χ1) is 7.63. The Kier molecular flexibility index (Phi) is 5.26. The van der Waals surface area contributed by atoms with Gasteiger partial charge in [0.15, 0.2) is 0 Å². The van der Waals surface area contributed by atoms with Crippen molar-refractivity contribution in [1.82, 2.24) is 0 Å². The Balaban J connectivity index is 2.34. The van der Waals surface area contributed by atoms with Crippen LogP contribution in [0.1, 0.15) is 31.7 Å². The minimum atomic E-state index is -0.283. The van der Waals surface area contributed by atoms with Gasteiger partial charge in [0.1, 0.15) is 11.6 Å². The summed E-state index contributed by atoms with van der Waals surface area (Å²) in [5, 5.41) is 9.34. The predicted molar refractivity (Wildman–Crippen MR) is 62.2 cm³/mol. The molecule has 3 heteroatoms. The highest BCUT2D eigenvalue weighted by Gasteiger charge is 2.03. The summed E-state index contributed by atoms with van der Waals surface area (Å²) in [5.74, 6) is 0.306. The van der Waals surface area contributed by atoms with E-state index < -0.39 is 0 Å². The Morgan fingerprint density at radius 3 is 2.88 bits per heavy atom. The molecule has 1 atom stereocenters. The molecule has 0 aromatic heterocycles. The van der Waals surface area contributed by atoms with Crippen LogP contribution in [0, 0.1) is 12.7 Å². The average Bonchev–Trinajstić information content (AvgIpc) is 2.28. The molecule has 1 aromatic rings. The quantitative estimate of drug-likeness (QED) is 0.755. The highest BCUT2D eigenvalue weighted by atomic mass is 19.1. The van der Waals surface area contributed by atoms with E-state index >= 15 is 0 Å². The summed E-state index contributed by atoms with van der Waals surface area (Å²) in [6.07, 6.45) is 2.02. The predicted octanol–water partition coefficient (Wildman–Crippen LogP) is 3.06. The highest BCUT2D eigenvalue weighted by Crippen LogP contribution is 2.19. The summed E-state index contributed by atoms with van der Waals surface area (Å²) in [7, 11) is 0. The van der Waals surface area contributed by atoms with E-state index in [4.69, 9.17) is 4.74 Å². The first-order valence-electron chi connectivity index (χ1n) is 5.70. The van der Waals surface area contributed by atoms with Crippen molar-refractivity contribution >= 4 is 0 Å². The number of ether oxygens (including phenoxy) is 1. The smallest absolute Gasteiger partial charge is 0.126 e. The molecule has 0 bridgehead atoms. The van der Waals surface area contributed by atoms with Crippen molar-refractivity contribution in [3.05, 3.63) is 29.6 Å². The largest absolute Gasteiger partial charge is 0.493 e. The third kappa shape index (κ3) is 4.19. The summed E-state index contributed by atoms with van der Waals surface area (Å²) in [6, 6.07) is 4.51. The molecule has 0 aliphatic rings. The summed E-state index contributed by atoms with van der Waals surface area (Å²) in [5.41, 5.74) is 0.928. The molecule has 0 heterocycles. The van der Waals surface area contributed by atoms with Gasteiger partial charge in [-0.15, -0.1) is 0 Å². The van der Waals surface area contributed by atoms with Gasteiger partial charge in [0, 0.05) is 6.07 Å². The van der Waals surface area contributed by atoms with Gasteiger partial charge in [-0.3, -0.25) is 0 Å². The molecule has 0 saturated carbocycles. The van der Waals surface area contributed by atoms with E-state index in [1.165, 1.54) is 12.1 Å². The molecule has 1 N–H and O–H groups in total. The van der Waals surface area contributed by atoms with Crippen molar-refractivity contribution in [3.63, 3.8) is 0 Å². The fourth-order valence-corrected chi connectivity index (χ4v) is 1.43. The lowest BCUT2D eigenvalue weighted by atomic mass is 10.1. The second-order valence-electron chi connectivity index (χ2n) is 3.96. The Morgan fingerprint density at radius 2 is 2.19 bits per heavy atom. The van der Waals surface area contributed by atoms with Gasteiger partial charge in [0.25, 0.3) is 0 Å². The molecule has 16 heavy (non-hydrogen) atoms. The number of aryl methyl sites for hydroxylation is 1. The zero-order chi connectivity index (χ0) is 12.0. The molecule has 0 spiro atoms. The van der Waals surface area contributed by atoms with Crippen LogP contribution in [0.15, 0.2) is 18.2 Å². The van der Waals surface area contributed by atoms with Gasteiger partial charge >= 0.3 is 0 Å². The van der Waals surface area contributed by atoms with Crippen molar-refractivity contribution in [2.75, 3.05) is 6.61 Å². The lowest BCUT2D eigenvalue weighted by Crippen LogP contribution is -2.07. The molecule has 0 fully saturated rings. The second-order valence-corrected chi connectivity index (χ2v) is 3.96. The Hall–Kier alpha value is -1.09. The van der Waals surface area contributed by atoms with Crippen molar-refractivity contribution in [3.8, 4) is 5.75 Å². The molecule has 0 saturated heterocycles. The van der Waals surface area contributed by atoms with Crippen LogP contribution in [0.4, 0.5) is 4.39 Å². The normalized spacial score (nSPS) is 12.5. The lowest BCUT2D eigenvalue weighted by molar-refractivity contribution is 0.148. The van der Waals surface area contributed by atoms with Gasteiger partial charge in [-0.1, -0.05) is 13.0 Å². The van der Waals surface area contributed by atoms with E-state index in [0.717, 1.165) is 24.8 Å². The molecule has 0 radical (unpaired) electrons. The van der Waals surface area contributed by atoms with Gasteiger partial charge in [0.05, 0.1) is 12.7 Å². The van der Waals surface area contributed by atoms with Crippen LogP contribution < -0.4 is 4.74 Å². The molecule has 1 aromatic carbocycles. The first kappa shape index (κ1) is 13.0. The van der Waals surface area contributed by atoms with Gasteiger partial charge in [0.2, 0.25) is 0 Å².